The van der Waals surface area contributed by atoms with Crippen LogP contribution in [0.15, 0.2) is 45.3 Å². The monoisotopic (exact) mass is 563 g/mol. The minimum Gasteiger partial charge on any atom is -0.484 e. The second kappa shape index (κ2) is 11.3. The number of thiocarbonyl (C=S) groups is 1. The Morgan fingerprint density at radius 1 is 1.03 bits per heavy atom. The first-order valence-corrected chi connectivity index (χ1v) is 10.5. The zero-order valence-electron chi connectivity index (χ0n) is 15.1. The Bertz CT molecular complexity index is 930. The Balaban J connectivity index is 1.68. The standard InChI is InChI=1S/C18H16Br2ClN3O4S/c1-10-6-12(3-4-13(10)20)27-8-16(25)22-18(29)24-23-17(26)9-28-15-5-2-11(19)7-14(15)21/h2-7H,8-9H2,1H3,(H,23,26)(H2,22,24,25,29). The van der Waals surface area contributed by atoms with Gasteiger partial charge in [-0.05, 0) is 61.1 Å². The van der Waals surface area contributed by atoms with Gasteiger partial charge in [0.25, 0.3) is 11.8 Å². The molecule has 2 aromatic carbocycles. The minimum absolute atomic E-state index is 0.0828. The summed E-state index contributed by atoms with van der Waals surface area (Å²) < 4.78 is 12.4. The first-order valence-electron chi connectivity index (χ1n) is 8.10. The average molecular weight is 566 g/mol. The first-order chi connectivity index (χ1) is 13.7. The van der Waals surface area contributed by atoms with Crippen LogP contribution in [0.5, 0.6) is 11.5 Å². The Kier molecular flexibility index (Phi) is 9.15. The molecule has 0 aromatic heterocycles. The van der Waals surface area contributed by atoms with Crippen molar-refractivity contribution in [3.05, 3.63) is 55.9 Å². The number of nitrogens with one attached hydrogen (secondary N) is 3. The number of halogens is 3. The summed E-state index contributed by atoms with van der Waals surface area (Å²) in [7, 11) is 0. The normalized spacial score (nSPS) is 10.1. The maximum Gasteiger partial charge on any atom is 0.276 e. The molecule has 0 heterocycles. The van der Waals surface area contributed by atoms with E-state index in [9.17, 15) is 9.59 Å². The van der Waals surface area contributed by atoms with Crippen molar-refractivity contribution in [2.75, 3.05) is 13.2 Å². The third-order valence-corrected chi connectivity index (χ3v) is 5.20. The number of aryl methyl sites for hydroxylation is 1. The topological polar surface area (TPSA) is 88.7 Å². The van der Waals surface area contributed by atoms with E-state index in [0.717, 1.165) is 14.5 Å². The van der Waals surface area contributed by atoms with Crippen molar-refractivity contribution in [3.8, 4) is 11.5 Å². The van der Waals surface area contributed by atoms with E-state index in [4.69, 9.17) is 33.3 Å². The summed E-state index contributed by atoms with van der Waals surface area (Å²) in [5, 5.41) is 2.67. The maximum atomic E-state index is 11.9. The Hall–Kier alpha value is -1.88. The van der Waals surface area contributed by atoms with Crippen LogP contribution in [0.25, 0.3) is 0 Å². The van der Waals surface area contributed by atoms with Crippen molar-refractivity contribution in [2.45, 2.75) is 6.92 Å². The fraction of sp³-hybridized carbons (Fsp3) is 0.167. The molecule has 0 aliphatic rings. The van der Waals surface area contributed by atoms with E-state index in [1.165, 1.54) is 0 Å². The fourth-order valence-corrected chi connectivity index (χ4v) is 3.09. The summed E-state index contributed by atoms with van der Waals surface area (Å²) in [5.41, 5.74) is 5.69. The summed E-state index contributed by atoms with van der Waals surface area (Å²) in [6.45, 7) is 1.38. The van der Waals surface area contributed by atoms with Crippen molar-refractivity contribution >= 4 is 72.6 Å². The molecular weight excluding hydrogens is 550 g/mol. The number of hydrogen-bond donors (Lipinski definition) is 3. The molecule has 0 bridgehead atoms. The van der Waals surface area contributed by atoms with Gasteiger partial charge in [0.15, 0.2) is 18.3 Å². The number of rotatable bonds is 6. The van der Waals surface area contributed by atoms with Crippen LogP contribution < -0.4 is 25.6 Å². The number of carbonyl (C=O) groups is 2. The minimum atomic E-state index is -0.512. The molecule has 154 valence electrons. The van der Waals surface area contributed by atoms with Gasteiger partial charge in [0.05, 0.1) is 5.02 Å². The van der Waals surface area contributed by atoms with Crippen LogP contribution in [0.2, 0.25) is 5.02 Å². The number of amides is 2. The van der Waals surface area contributed by atoms with Gasteiger partial charge in [-0.25, -0.2) is 0 Å². The van der Waals surface area contributed by atoms with Crippen molar-refractivity contribution in [1.29, 1.82) is 0 Å². The van der Waals surface area contributed by atoms with Gasteiger partial charge < -0.3 is 9.47 Å². The van der Waals surface area contributed by atoms with E-state index in [-0.39, 0.29) is 18.3 Å². The number of carbonyl (C=O) groups excluding carboxylic acids is 2. The molecular formula is C18H16Br2ClN3O4S. The van der Waals surface area contributed by atoms with Gasteiger partial charge in [-0.1, -0.05) is 43.5 Å². The van der Waals surface area contributed by atoms with Gasteiger partial charge >= 0.3 is 0 Å². The van der Waals surface area contributed by atoms with Crippen LogP contribution in [-0.2, 0) is 9.59 Å². The second-order valence-corrected chi connectivity index (χ2v) is 8.20. The van der Waals surface area contributed by atoms with E-state index < -0.39 is 11.8 Å². The van der Waals surface area contributed by atoms with Gasteiger partial charge in [-0.2, -0.15) is 0 Å². The largest absolute Gasteiger partial charge is 0.484 e. The van der Waals surface area contributed by atoms with Crippen LogP contribution in [0, 0.1) is 6.92 Å². The fourth-order valence-electron chi connectivity index (χ4n) is 1.95. The van der Waals surface area contributed by atoms with Gasteiger partial charge in [0, 0.05) is 8.95 Å². The Morgan fingerprint density at radius 3 is 2.45 bits per heavy atom. The molecule has 2 rings (SSSR count). The van der Waals surface area contributed by atoms with E-state index in [1.54, 1.807) is 30.3 Å². The van der Waals surface area contributed by atoms with Crippen LogP contribution >= 0.6 is 55.7 Å². The molecule has 29 heavy (non-hydrogen) atoms. The predicted octanol–water partition coefficient (Wildman–Crippen LogP) is 3.65. The van der Waals surface area contributed by atoms with Crippen molar-refractivity contribution < 1.29 is 19.1 Å². The molecule has 0 aliphatic heterocycles. The lowest BCUT2D eigenvalue weighted by Gasteiger charge is -2.12. The maximum absolute atomic E-state index is 11.9. The highest BCUT2D eigenvalue weighted by molar-refractivity contribution is 9.10. The van der Waals surface area contributed by atoms with E-state index in [0.29, 0.717) is 16.5 Å². The van der Waals surface area contributed by atoms with Gasteiger partial charge in [-0.3, -0.25) is 25.8 Å². The molecule has 0 fully saturated rings. The molecule has 7 nitrogen and oxygen atoms in total. The number of ether oxygens (including phenoxy) is 2. The van der Waals surface area contributed by atoms with E-state index in [1.807, 2.05) is 13.0 Å². The van der Waals surface area contributed by atoms with Crippen LogP contribution in [0.4, 0.5) is 0 Å². The lowest BCUT2D eigenvalue weighted by molar-refractivity contribution is -0.124. The van der Waals surface area contributed by atoms with E-state index >= 15 is 0 Å². The number of benzene rings is 2. The first kappa shape index (κ1) is 23.4. The quantitative estimate of drug-likeness (QED) is 0.366. The average Bonchev–Trinajstić information content (AvgIpc) is 2.66. The predicted molar refractivity (Wildman–Crippen MR) is 121 cm³/mol. The Labute approximate surface area is 194 Å². The zero-order valence-corrected chi connectivity index (χ0v) is 19.8. The molecule has 2 amide bonds. The van der Waals surface area contributed by atoms with Crippen molar-refractivity contribution in [1.82, 2.24) is 16.2 Å². The van der Waals surface area contributed by atoms with Crippen molar-refractivity contribution in [3.63, 3.8) is 0 Å². The summed E-state index contributed by atoms with van der Waals surface area (Å²) in [6.07, 6.45) is 0. The second-order valence-electron chi connectivity index (χ2n) is 5.61. The summed E-state index contributed by atoms with van der Waals surface area (Å²) in [4.78, 5) is 23.7. The molecule has 0 unspecified atom stereocenters. The van der Waals surface area contributed by atoms with Crippen molar-refractivity contribution in [2.24, 2.45) is 0 Å². The van der Waals surface area contributed by atoms with Gasteiger partial charge in [0.1, 0.15) is 11.5 Å². The summed E-state index contributed by atoms with van der Waals surface area (Å²) in [5.74, 6) is -0.0737. The molecule has 0 spiro atoms. The molecule has 0 radical (unpaired) electrons. The number of hydrogen-bond acceptors (Lipinski definition) is 5. The number of hydrazine groups is 1. The molecule has 0 atom stereocenters. The lowest BCUT2D eigenvalue weighted by atomic mass is 10.2. The van der Waals surface area contributed by atoms with Crippen LogP contribution in [0.3, 0.4) is 0 Å². The van der Waals surface area contributed by atoms with Gasteiger partial charge in [0.2, 0.25) is 0 Å². The highest BCUT2D eigenvalue weighted by atomic mass is 79.9. The highest BCUT2D eigenvalue weighted by Gasteiger charge is 2.09. The van der Waals surface area contributed by atoms with Crippen LogP contribution in [-0.4, -0.2) is 30.1 Å². The molecule has 0 aliphatic carbocycles. The highest BCUT2D eigenvalue weighted by Crippen LogP contribution is 2.27. The Morgan fingerprint density at radius 2 is 1.76 bits per heavy atom. The van der Waals surface area contributed by atoms with E-state index in [2.05, 4.69) is 48.0 Å². The zero-order chi connectivity index (χ0) is 21.4. The summed E-state index contributed by atoms with van der Waals surface area (Å²) >= 11 is 17.6. The summed E-state index contributed by atoms with van der Waals surface area (Å²) in [6, 6.07) is 10.4. The van der Waals surface area contributed by atoms with Gasteiger partial charge in [-0.15, -0.1) is 0 Å². The third kappa shape index (κ3) is 8.17. The lowest BCUT2D eigenvalue weighted by Crippen LogP contribution is -2.50. The van der Waals surface area contributed by atoms with Crippen LogP contribution in [0.1, 0.15) is 5.56 Å². The molecule has 3 N–H and O–H groups in total. The molecule has 0 saturated carbocycles. The third-order valence-electron chi connectivity index (χ3n) is 3.32. The molecule has 0 saturated heterocycles. The molecule has 11 heteroatoms. The smallest absolute Gasteiger partial charge is 0.276 e. The molecule has 2 aromatic rings. The SMILES string of the molecule is Cc1cc(OCC(=O)NC(=S)NNC(=O)COc2ccc(Br)cc2Cl)ccc1Br.